The number of aromatic nitrogens is 2. The normalized spacial score (nSPS) is 20.3. The molecule has 3 aliphatic rings. The molecule has 6 rings (SSSR count). The number of aryl methyl sites for hydroxylation is 1. The first-order chi connectivity index (χ1) is 16.5. The van der Waals surface area contributed by atoms with E-state index in [-0.39, 0.29) is 29.0 Å². The fourth-order valence-electron chi connectivity index (χ4n) is 4.84. The van der Waals surface area contributed by atoms with Crippen molar-refractivity contribution in [3.05, 3.63) is 57.5 Å². The summed E-state index contributed by atoms with van der Waals surface area (Å²) in [6.07, 6.45) is -2.05. The Hall–Kier alpha value is -3.78. The Kier molecular flexibility index (Phi) is 5.36. The minimum Gasteiger partial charge on any atom is -0.399 e. The minimum absolute atomic E-state index is 0.00307. The first kappa shape index (κ1) is 23.0. The van der Waals surface area contributed by atoms with Gasteiger partial charge >= 0.3 is 6.18 Å². The van der Waals surface area contributed by atoms with Crippen LogP contribution in [0.3, 0.4) is 0 Å². The Morgan fingerprint density at radius 2 is 1.94 bits per heavy atom. The SMILES string of the molecule is C[C@@H](Nc1ncc(C#N)c2c1cc(N1CC3CC(C1)O3)c(=O)n2C)c1cc(N)cc(C(F)(F)F)c1. The molecule has 1 aromatic carbocycles. The van der Waals surface area contributed by atoms with Gasteiger partial charge in [0.05, 0.1) is 34.9 Å². The van der Waals surface area contributed by atoms with Gasteiger partial charge in [-0.3, -0.25) is 4.79 Å². The van der Waals surface area contributed by atoms with Crippen LogP contribution >= 0.6 is 0 Å². The third-order valence-electron chi connectivity index (χ3n) is 6.61. The molecule has 2 unspecified atom stereocenters. The molecule has 35 heavy (non-hydrogen) atoms. The Labute approximate surface area is 198 Å². The fraction of sp³-hybridized carbons (Fsp3) is 0.375. The summed E-state index contributed by atoms with van der Waals surface area (Å²) in [6.45, 7) is 2.87. The molecule has 2 aromatic heterocycles. The molecule has 5 heterocycles. The van der Waals surface area contributed by atoms with Crippen LogP contribution in [0.4, 0.5) is 30.4 Å². The maximum Gasteiger partial charge on any atom is 0.416 e. The van der Waals surface area contributed by atoms with Crippen molar-refractivity contribution in [3.8, 4) is 6.07 Å². The van der Waals surface area contributed by atoms with Crippen molar-refractivity contribution in [2.75, 3.05) is 29.0 Å². The molecular formula is C24H23F3N6O2. The summed E-state index contributed by atoms with van der Waals surface area (Å²) in [5.41, 5.74) is 6.06. The summed E-state index contributed by atoms with van der Waals surface area (Å²) in [4.78, 5) is 19.6. The van der Waals surface area contributed by atoms with Crippen LogP contribution in [0.15, 0.2) is 35.3 Å². The van der Waals surface area contributed by atoms with Crippen molar-refractivity contribution in [2.45, 2.75) is 37.8 Å². The predicted octanol–water partition coefficient (Wildman–Crippen LogP) is 3.56. The highest BCUT2D eigenvalue weighted by molar-refractivity contribution is 5.95. The molecule has 3 aromatic rings. The highest BCUT2D eigenvalue weighted by atomic mass is 19.4. The predicted molar refractivity (Wildman–Crippen MR) is 125 cm³/mol. The average Bonchev–Trinajstić information content (AvgIpc) is 2.80. The van der Waals surface area contributed by atoms with Gasteiger partial charge in [0.2, 0.25) is 0 Å². The number of fused-ring (bicyclic) bond motifs is 3. The summed E-state index contributed by atoms with van der Waals surface area (Å²) < 4.78 is 47.0. The molecule has 8 nitrogen and oxygen atoms in total. The molecule has 0 aliphatic carbocycles. The summed E-state index contributed by atoms with van der Waals surface area (Å²) >= 11 is 0. The lowest BCUT2D eigenvalue weighted by Crippen LogP contribution is -2.58. The molecule has 3 saturated heterocycles. The minimum atomic E-state index is -4.53. The highest BCUT2D eigenvalue weighted by Crippen LogP contribution is 2.35. The van der Waals surface area contributed by atoms with Crippen LogP contribution in [0.2, 0.25) is 0 Å². The molecule has 3 aliphatic heterocycles. The van der Waals surface area contributed by atoms with E-state index in [2.05, 4.69) is 16.4 Å². The van der Waals surface area contributed by atoms with Crippen molar-refractivity contribution < 1.29 is 17.9 Å². The lowest BCUT2D eigenvalue weighted by atomic mass is 9.98. The van der Waals surface area contributed by atoms with Crippen LogP contribution in [-0.2, 0) is 18.0 Å². The Balaban J connectivity index is 1.58. The second kappa shape index (κ2) is 8.16. The van der Waals surface area contributed by atoms with E-state index in [1.165, 1.54) is 16.8 Å². The number of pyridine rings is 2. The van der Waals surface area contributed by atoms with Gasteiger partial charge < -0.3 is 25.3 Å². The molecule has 2 bridgehead atoms. The number of hydrogen-bond acceptors (Lipinski definition) is 7. The number of ether oxygens (including phenoxy) is 1. The molecule has 3 N–H and O–H groups in total. The van der Waals surface area contributed by atoms with Crippen LogP contribution in [0, 0.1) is 11.3 Å². The van der Waals surface area contributed by atoms with Crippen LogP contribution in [0.1, 0.15) is 36.1 Å². The lowest BCUT2D eigenvalue weighted by molar-refractivity contribution is -0.137. The van der Waals surface area contributed by atoms with E-state index < -0.39 is 17.8 Å². The molecule has 0 spiro atoms. The Morgan fingerprint density at radius 1 is 1.26 bits per heavy atom. The van der Waals surface area contributed by atoms with Crippen molar-refractivity contribution in [3.63, 3.8) is 0 Å². The topological polar surface area (TPSA) is 109 Å². The first-order valence-corrected chi connectivity index (χ1v) is 11.1. The van der Waals surface area contributed by atoms with Crippen molar-refractivity contribution in [1.29, 1.82) is 5.26 Å². The number of rotatable bonds is 4. The molecule has 11 heteroatoms. The zero-order chi connectivity index (χ0) is 25.1. The standard InChI is InChI=1S/C24H23F3N6O2/c1-12(13-3-15(24(25,26)27)5-16(29)4-13)31-22-19-7-20(33-10-17-6-18(11-33)35-17)23(34)32(2)21(19)14(8-28)9-30-22/h3-5,7,9,12,17-18H,6,10-11,29H2,1-2H3,(H,30,31)/t12-,17?,18?/m1/s1. The van der Waals surface area contributed by atoms with Crippen LogP contribution in [0.5, 0.6) is 0 Å². The van der Waals surface area contributed by atoms with Crippen LogP contribution in [-0.4, -0.2) is 34.8 Å². The number of nitriles is 1. The number of nitrogen functional groups attached to an aromatic ring is 1. The number of nitrogens with zero attached hydrogens (tertiary/aromatic N) is 4. The van der Waals surface area contributed by atoms with Gasteiger partial charge in [-0.1, -0.05) is 0 Å². The lowest BCUT2D eigenvalue weighted by Gasteiger charge is -2.47. The second-order valence-corrected chi connectivity index (χ2v) is 9.06. The van der Waals surface area contributed by atoms with Gasteiger partial charge in [-0.25, -0.2) is 4.98 Å². The molecule has 3 fully saturated rings. The van der Waals surface area contributed by atoms with Gasteiger partial charge in [-0.2, -0.15) is 18.4 Å². The molecule has 0 radical (unpaired) electrons. The number of alkyl halides is 3. The number of anilines is 3. The van der Waals surface area contributed by atoms with Crippen LogP contribution < -0.4 is 21.5 Å². The monoisotopic (exact) mass is 484 g/mol. The summed E-state index contributed by atoms with van der Waals surface area (Å²) in [5, 5.41) is 13.3. The molecule has 0 saturated carbocycles. The maximum atomic E-state index is 13.3. The van der Waals surface area contributed by atoms with E-state index in [9.17, 15) is 23.2 Å². The van der Waals surface area contributed by atoms with Gasteiger partial charge in [0.25, 0.3) is 5.56 Å². The zero-order valence-corrected chi connectivity index (χ0v) is 19.1. The third kappa shape index (κ3) is 4.04. The van der Waals surface area contributed by atoms with Gasteiger partial charge in [0, 0.05) is 43.8 Å². The van der Waals surface area contributed by atoms with E-state index in [0.29, 0.717) is 41.1 Å². The summed E-state index contributed by atoms with van der Waals surface area (Å²) in [7, 11) is 1.59. The fourth-order valence-corrected chi connectivity index (χ4v) is 4.84. The zero-order valence-electron chi connectivity index (χ0n) is 19.1. The average molecular weight is 484 g/mol. The molecule has 182 valence electrons. The highest BCUT2D eigenvalue weighted by Gasteiger charge is 2.39. The van der Waals surface area contributed by atoms with Gasteiger partial charge in [-0.15, -0.1) is 0 Å². The molecule has 3 atom stereocenters. The number of piperidine rings is 1. The number of halogens is 3. The number of morpholine rings is 1. The number of nitrogens with one attached hydrogen (secondary N) is 1. The molecule has 0 amide bonds. The Morgan fingerprint density at radius 3 is 2.57 bits per heavy atom. The maximum absolute atomic E-state index is 13.3. The van der Waals surface area contributed by atoms with Crippen molar-refractivity contribution in [1.82, 2.24) is 9.55 Å². The first-order valence-electron chi connectivity index (χ1n) is 11.1. The van der Waals surface area contributed by atoms with E-state index >= 15 is 0 Å². The number of nitrogens with two attached hydrogens (primary N) is 1. The second-order valence-electron chi connectivity index (χ2n) is 9.06. The van der Waals surface area contributed by atoms with E-state index in [1.807, 2.05) is 4.90 Å². The van der Waals surface area contributed by atoms with E-state index in [1.54, 1.807) is 20.0 Å². The largest absolute Gasteiger partial charge is 0.416 e. The quantitative estimate of drug-likeness (QED) is 0.545. The van der Waals surface area contributed by atoms with Gasteiger partial charge in [0.15, 0.2) is 0 Å². The Bertz CT molecular complexity index is 1410. The van der Waals surface area contributed by atoms with E-state index in [4.69, 9.17) is 10.5 Å². The third-order valence-corrected chi connectivity index (χ3v) is 6.61. The summed E-state index contributed by atoms with van der Waals surface area (Å²) in [6, 6.07) is 6.58. The van der Waals surface area contributed by atoms with Crippen LogP contribution in [0.25, 0.3) is 10.9 Å². The van der Waals surface area contributed by atoms with Gasteiger partial charge in [0.1, 0.15) is 17.6 Å². The molecular weight excluding hydrogens is 461 g/mol. The van der Waals surface area contributed by atoms with E-state index in [0.717, 1.165) is 18.6 Å². The summed E-state index contributed by atoms with van der Waals surface area (Å²) in [5.74, 6) is 0.345. The van der Waals surface area contributed by atoms with Gasteiger partial charge in [-0.05, 0) is 36.8 Å². The number of benzene rings is 1. The van der Waals surface area contributed by atoms with Crippen molar-refractivity contribution in [2.24, 2.45) is 7.05 Å². The smallest absolute Gasteiger partial charge is 0.399 e. The number of hydrogen-bond donors (Lipinski definition) is 2. The van der Waals surface area contributed by atoms with Crippen molar-refractivity contribution >= 4 is 28.1 Å².